The van der Waals surface area contributed by atoms with E-state index in [1.165, 1.54) is 0 Å². The fraction of sp³-hybridized carbons (Fsp3) is 0.545. The van der Waals surface area contributed by atoms with Crippen molar-refractivity contribution in [2.24, 2.45) is 5.73 Å². The molecule has 0 saturated carbocycles. The van der Waals surface area contributed by atoms with Crippen molar-refractivity contribution >= 4 is 17.2 Å². The van der Waals surface area contributed by atoms with Gasteiger partial charge in [-0.25, -0.2) is 0 Å². The van der Waals surface area contributed by atoms with Gasteiger partial charge in [0.25, 0.3) is 0 Å². The van der Waals surface area contributed by atoms with Crippen LogP contribution < -0.4 is 11.1 Å². The predicted octanol–water partition coefficient (Wildman–Crippen LogP) is 2.05. The minimum Gasteiger partial charge on any atom is -0.347 e. The topological polar surface area (TPSA) is 55.1 Å². The van der Waals surface area contributed by atoms with Crippen LogP contribution in [-0.2, 0) is 4.79 Å². The summed E-state index contributed by atoms with van der Waals surface area (Å²) in [4.78, 5) is 12.8. The van der Waals surface area contributed by atoms with Crippen molar-refractivity contribution < 1.29 is 4.79 Å². The summed E-state index contributed by atoms with van der Waals surface area (Å²) >= 11 is 1.64. The van der Waals surface area contributed by atoms with Crippen molar-refractivity contribution in [2.45, 2.75) is 38.8 Å². The zero-order valence-electron chi connectivity index (χ0n) is 9.19. The average molecular weight is 226 g/mol. The van der Waals surface area contributed by atoms with E-state index in [4.69, 9.17) is 5.73 Å². The maximum atomic E-state index is 11.6. The van der Waals surface area contributed by atoms with Crippen molar-refractivity contribution in [3.05, 3.63) is 22.4 Å². The molecule has 0 aromatic carbocycles. The SMILES string of the molecule is CCC[C@@H](N)C(=O)N[C@H](C)c1cccs1. The first-order valence-electron chi connectivity index (χ1n) is 5.24. The van der Waals surface area contributed by atoms with Crippen molar-refractivity contribution in [1.82, 2.24) is 5.32 Å². The van der Waals surface area contributed by atoms with Crippen LogP contribution in [0, 0.1) is 0 Å². The first-order chi connectivity index (χ1) is 7.15. The molecule has 0 aliphatic heterocycles. The summed E-state index contributed by atoms with van der Waals surface area (Å²) < 4.78 is 0. The molecule has 1 heterocycles. The lowest BCUT2D eigenvalue weighted by molar-refractivity contribution is -0.123. The Balaban J connectivity index is 2.44. The van der Waals surface area contributed by atoms with Crippen LogP contribution in [0.3, 0.4) is 0 Å². The van der Waals surface area contributed by atoms with Gasteiger partial charge in [0.1, 0.15) is 0 Å². The number of carbonyl (C=O) groups excluding carboxylic acids is 1. The highest BCUT2D eigenvalue weighted by Gasteiger charge is 2.15. The molecule has 1 amide bonds. The Morgan fingerprint density at radius 1 is 1.67 bits per heavy atom. The van der Waals surface area contributed by atoms with Gasteiger partial charge >= 0.3 is 0 Å². The Labute approximate surface area is 94.7 Å². The number of thiophene rings is 1. The molecular weight excluding hydrogens is 208 g/mol. The Bertz CT molecular complexity index is 298. The van der Waals surface area contributed by atoms with Crippen LogP contribution >= 0.6 is 11.3 Å². The second kappa shape index (κ2) is 5.88. The quantitative estimate of drug-likeness (QED) is 0.807. The molecule has 0 aliphatic carbocycles. The number of rotatable bonds is 5. The van der Waals surface area contributed by atoms with Crippen LogP contribution in [-0.4, -0.2) is 11.9 Å². The van der Waals surface area contributed by atoms with E-state index in [1.54, 1.807) is 11.3 Å². The summed E-state index contributed by atoms with van der Waals surface area (Å²) in [6, 6.07) is 3.67. The fourth-order valence-corrected chi connectivity index (χ4v) is 2.11. The van der Waals surface area contributed by atoms with E-state index in [0.29, 0.717) is 0 Å². The van der Waals surface area contributed by atoms with Gasteiger partial charge in [-0.3, -0.25) is 4.79 Å². The van der Waals surface area contributed by atoms with Gasteiger partial charge in [0.2, 0.25) is 5.91 Å². The molecule has 1 rings (SSSR count). The number of hydrogen-bond acceptors (Lipinski definition) is 3. The predicted molar refractivity (Wildman–Crippen MR) is 63.8 cm³/mol. The zero-order chi connectivity index (χ0) is 11.3. The highest BCUT2D eigenvalue weighted by molar-refractivity contribution is 7.10. The van der Waals surface area contributed by atoms with E-state index in [0.717, 1.165) is 17.7 Å². The van der Waals surface area contributed by atoms with Crippen molar-refractivity contribution in [3.63, 3.8) is 0 Å². The van der Waals surface area contributed by atoms with E-state index < -0.39 is 0 Å². The third-order valence-electron chi connectivity index (χ3n) is 2.27. The molecule has 1 aromatic heterocycles. The first kappa shape index (κ1) is 12.2. The molecule has 0 fully saturated rings. The van der Waals surface area contributed by atoms with Crippen molar-refractivity contribution in [3.8, 4) is 0 Å². The molecule has 1 aromatic rings. The second-order valence-electron chi connectivity index (χ2n) is 3.64. The molecule has 3 nitrogen and oxygen atoms in total. The van der Waals surface area contributed by atoms with Gasteiger partial charge in [0.05, 0.1) is 12.1 Å². The summed E-state index contributed by atoms with van der Waals surface area (Å²) in [7, 11) is 0. The van der Waals surface area contributed by atoms with E-state index >= 15 is 0 Å². The van der Waals surface area contributed by atoms with E-state index in [1.807, 2.05) is 31.4 Å². The van der Waals surface area contributed by atoms with E-state index in [9.17, 15) is 4.79 Å². The van der Waals surface area contributed by atoms with Gasteiger partial charge in [-0.1, -0.05) is 19.4 Å². The molecule has 0 bridgehead atoms. The summed E-state index contributed by atoms with van der Waals surface area (Å²) in [5, 5.41) is 4.92. The van der Waals surface area contributed by atoms with Crippen LogP contribution in [0.5, 0.6) is 0 Å². The lowest BCUT2D eigenvalue weighted by Gasteiger charge is -2.15. The third-order valence-corrected chi connectivity index (χ3v) is 3.32. The highest BCUT2D eigenvalue weighted by Crippen LogP contribution is 2.18. The molecule has 0 spiro atoms. The third kappa shape index (κ3) is 3.64. The second-order valence-corrected chi connectivity index (χ2v) is 4.62. The largest absolute Gasteiger partial charge is 0.347 e. The molecule has 84 valence electrons. The smallest absolute Gasteiger partial charge is 0.237 e. The number of nitrogens with two attached hydrogens (primary N) is 1. The minimum absolute atomic E-state index is 0.0559. The van der Waals surface area contributed by atoms with Crippen LogP contribution in [0.2, 0.25) is 0 Å². The maximum absolute atomic E-state index is 11.6. The number of hydrogen-bond donors (Lipinski definition) is 2. The van der Waals surface area contributed by atoms with Crippen LogP contribution in [0.4, 0.5) is 0 Å². The molecule has 0 aliphatic rings. The summed E-state index contributed by atoms with van der Waals surface area (Å²) in [5.41, 5.74) is 5.72. The van der Waals surface area contributed by atoms with E-state index in [2.05, 4.69) is 5.32 Å². The summed E-state index contributed by atoms with van der Waals surface area (Å²) in [5.74, 6) is -0.0576. The molecule has 2 atom stereocenters. The van der Waals surface area contributed by atoms with Crippen molar-refractivity contribution in [1.29, 1.82) is 0 Å². The van der Waals surface area contributed by atoms with Crippen LogP contribution in [0.15, 0.2) is 17.5 Å². The normalized spacial score (nSPS) is 14.6. The highest BCUT2D eigenvalue weighted by atomic mass is 32.1. The Morgan fingerprint density at radius 2 is 2.40 bits per heavy atom. The van der Waals surface area contributed by atoms with Gasteiger partial charge in [0.15, 0.2) is 0 Å². The Hall–Kier alpha value is -0.870. The Kier molecular flexibility index (Phi) is 4.78. The first-order valence-corrected chi connectivity index (χ1v) is 6.12. The standard InChI is InChI=1S/C11H18N2OS/c1-3-5-9(12)11(14)13-8(2)10-6-4-7-15-10/h4,6-9H,3,5,12H2,1-2H3,(H,13,14)/t8-,9-/m1/s1. The van der Waals surface area contributed by atoms with Gasteiger partial charge in [-0.2, -0.15) is 0 Å². The lowest BCUT2D eigenvalue weighted by atomic mass is 10.1. The monoisotopic (exact) mass is 226 g/mol. The van der Waals surface area contributed by atoms with Crippen LogP contribution in [0.1, 0.15) is 37.6 Å². The van der Waals surface area contributed by atoms with E-state index in [-0.39, 0.29) is 18.0 Å². The molecular formula is C11H18N2OS. The lowest BCUT2D eigenvalue weighted by Crippen LogP contribution is -2.41. The van der Waals surface area contributed by atoms with Gasteiger partial charge in [-0.05, 0) is 24.8 Å². The van der Waals surface area contributed by atoms with Gasteiger partial charge in [0, 0.05) is 4.88 Å². The fourth-order valence-electron chi connectivity index (χ4n) is 1.37. The molecule has 4 heteroatoms. The maximum Gasteiger partial charge on any atom is 0.237 e. The van der Waals surface area contributed by atoms with Gasteiger partial charge < -0.3 is 11.1 Å². The zero-order valence-corrected chi connectivity index (χ0v) is 10.0. The molecule has 3 N–H and O–H groups in total. The minimum atomic E-state index is -0.377. The molecule has 0 saturated heterocycles. The average Bonchev–Trinajstić information content (AvgIpc) is 2.70. The molecule has 0 radical (unpaired) electrons. The molecule has 0 unspecified atom stereocenters. The van der Waals surface area contributed by atoms with Crippen molar-refractivity contribution in [2.75, 3.05) is 0 Å². The summed E-state index contributed by atoms with van der Waals surface area (Å²) in [6.45, 7) is 4.00. The molecule has 15 heavy (non-hydrogen) atoms. The summed E-state index contributed by atoms with van der Waals surface area (Å²) in [6.07, 6.45) is 1.67. The number of amides is 1. The van der Waals surface area contributed by atoms with Crippen LogP contribution in [0.25, 0.3) is 0 Å². The number of carbonyl (C=O) groups is 1. The Morgan fingerprint density at radius 3 is 2.93 bits per heavy atom. The van der Waals surface area contributed by atoms with Gasteiger partial charge in [-0.15, -0.1) is 11.3 Å². The number of nitrogens with one attached hydrogen (secondary N) is 1.